The fraction of sp³-hybridized carbons (Fsp3) is 0.714. The fourth-order valence-corrected chi connectivity index (χ4v) is 6.88. The van der Waals surface area contributed by atoms with E-state index in [9.17, 15) is 19.0 Å². The molecule has 1 unspecified atom stereocenters. The highest BCUT2D eigenvalue weighted by Crippen LogP contribution is 2.43. The molecule has 0 radical (unpaired) electrons. The summed E-state index contributed by atoms with van der Waals surface area (Å²) in [4.78, 5) is 34.9. The first-order valence-electron chi connectivity index (χ1n) is 23.4. The molecule has 0 rings (SSSR count). The van der Waals surface area contributed by atoms with Crippen molar-refractivity contribution >= 4 is 19.8 Å². The zero-order valence-corrected chi connectivity index (χ0v) is 38.4. The van der Waals surface area contributed by atoms with Gasteiger partial charge >= 0.3 is 19.8 Å². The predicted octanol–water partition coefficient (Wildman–Crippen LogP) is 13.8. The molecule has 0 amide bonds. The quantitative estimate of drug-likeness (QED) is 0.0266. The van der Waals surface area contributed by atoms with Crippen molar-refractivity contribution in [2.45, 2.75) is 200 Å². The monoisotopic (exact) mass is 848 g/mol. The first kappa shape index (κ1) is 56.5. The molecule has 0 spiro atoms. The highest BCUT2D eigenvalue weighted by Gasteiger charge is 2.25. The molecule has 0 aromatic heterocycles. The predicted molar refractivity (Wildman–Crippen MR) is 247 cm³/mol. The normalized spacial score (nSPS) is 13.9. The number of esters is 2. The van der Waals surface area contributed by atoms with Crippen LogP contribution in [-0.2, 0) is 32.7 Å². The van der Waals surface area contributed by atoms with Crippen molar-refractivity contribution in [3.8, 4) is 0 Å². The van der Waals surface area contributed by atoms with Crippen LogP contribution in [0.3, 0.4) is 0 Å². The van der Waals surface area contributed by atoms with E-state index in [0.717, 1.165) is 64.2 Å². The summed E-state index contributed by atoms with van der Waals surface area (Å²) in [5.41, 5.74) is 5.35. The fourth-order valence-electron chi connectivity index (χ4n) is 6.12. The lowest BCUT2D eigenvalue weighted by Crippen LogP contribution is -2.29. The number of hydrogen-bond donors (Lipinski definition) is 2. The molecule has 0 heterocycles. The van der Waals surface area contributed by atoms with Gasteiger partial charge in [0.2, 0.25) is 0 Å². The zero-order valence-electron chi connectivity index (χ0n) is 37.5. The first-order valence-corrected chi connectivity index (χ1v) is 24.9. The van der Waals surface area contributed by atoms with Gasteiger partial charge in [-0.25, -0.2) is 4.57 Å². The Bertz CT molecular complexity index is 1190. The van der Waals surface area contributed by atoms with Crippen LogP contribution in [0.15, 0.2) is 72.9 Å². The summed E-state index contributed by atoms with van der Waals surface area (Å²) in [5, 5.41) is 0. The van der Waals surface area contributed by atoms with E-state index >= 15 is 0 Å². The largest absolute Gasteiger partial charge is 0.472 e. The lowest BCUT2D eigenvalue weighted by molar-refractivity contribution is -0.161. The van der Waals surface area contributed by atoms with Crippen LogP contribution in [0.1, 0.15) is 194 Å². The Hall–Kier alpha value is -2.55. The molecular weight excluding hydrogens is 762 g/mol. The van der Waals surface area contributed by atoms with E-state index < -0.39 is 32.5 Å². The maximum atomic E-state index is 12.6. The number of hydrogen-bond acceptors (Lipinski definition) is 8. The van der Waals surface area contributed by atoms with E-state index in [2.05, 4.69) is 86.8 Å². The molecule has 0 bridgehead atoms. The van der Waals surface area contributed by atoms with Gasteiger partial charge in [-0.05, 0) is 83.5 Å². The molecule has 340 valence electrons. The topological polar surface area (TPSA) is 134 Å². The number of nitrogens with two attached hydrogens (primary N) is 1. The van der Waals surface area contributed by atoms with Crippen molar-refractivity contribution in [2.75, 3.05) is 26.4 Å². The maximum Gasteiger partial charge on any atom is 0.472 e. The highest BCUT2D eigenvalue weighted by molar-refractivity contribution is 7.47. The Morgan fingerprint density at radius 1 is 0.525 bits per heavy atom. The second-order valence-electron chi connectivity index (χ2n) is 15.2. The van der Waals surface area contributed by atoms with Crippen LogP contribution >= 0.6 is 7.82 Å². The van der Waals surface area contributed by atoms with Gasteiger partial charge in [-0.15, -0.1) is 0 Å². The standard InChI is InChI=1S/C49H86NO8P/c1-3-5-7-9-11-13-15-17-19-20-21-22-23-24-25-26-28-29-31-33-35-37-39-41-48(51)55-45-47(46-57-59(53,54)56-44-43-50)58-49(52)42-40-38-36-34-32-30-27-18-16-14-12-10-8-6-4-2/h6,8,12,14,18,26-28,32-35,47H,3-5,7,9-11,13,15-17,19-25,29-31,36-46,50H2,1-2H3,(H,53,54)/b8-6+,14-12+,27-18+,28-26+,34-32+,35-33+/t47-/m0/s1. The molecule has 59 heavy (non-hydrogen) atoms. The van der Waals surface area contributed by atoms with Crippen LogP contribution < -0.4 is 5.73 Å². The molecule has 2 atom stereocenters. The second kappa shape index (κ2) is 45.0. The minimum atomic E-state index is -4.40. The number of carbonyl (C=O) groups excluding carboxylic acids is 2. The summed E-state index contributed by atoms with van der Waals surface area (Å²) >= 11 is 0. The van der Waals surface area contributed by atoms with E-state index in [1.807, 2.05) is 0 Å². The third-order valence-corrected chi connectivity index (χ3v) is 10.5. The van der Waals surface area contributed by atoms with Crippen LogP contribution in [0.25, 0.3) is 0 Å². The average molecular weight is 848 g/mol. The van der Waals surface area contributed by atoms with Crippen molar-refractivity contribution in [1.82, 2.24) is 0 Å². The summed E-state index contributed by atoms with van der Waals surface area (Å²) in [5.74, 6) is -0.930. The SMILES string of the molecule is CC/C=C/C/C=C/C/C=C/C/C=C/CCCCC(=O)O[C@@H](COC(=O)CCC/C=C/CC/C=C/CCCCCCCCCCCCCCCC)COP(=O)(O)OCCN. The first-order chi connectivity index (χ1) is 28.8. The van der Waals surface area contributed by atoms with Gasteiger partial charge in [0.1, 0.15) is 6.61 Å². The smallest absolute Gasteiger partial charge is 0.462 e. The Balaban J connectivity index is 4.18. The Kier molecular flexibility index (Phi) is 43.0. The van der Waals surface area contributed by atoms with E-state index in [1.54, 1.807) is 0 Å². The van der Waals surface area contributed by atoms with Crippen LogP contribution in [0.4, 0.5) is 0 Å². The summed E-state index contributed by atoms with van der Waals surface area (Å²) in [7, 11) is -4.40. The third kappa shape index (κ3) is 44.8. The molecule has 10 heteroatoms. The molecule has 0 aromatic carbocycles. The van der Waals surface area contributed by atoms with Gasteiger partial charge in [0.15, 0.2) is 6.10 Å². The molecule has 0 aliphatic rings. The van der Waals surface area contributed by atoms with Crippen LogP contribution in [0, 0.1) is 0 Å². The van der Waals surface area contributed by atoms with E-state index in [-0.39, 0.29) is 32.6 Å². The number of rotatable bonds is 43. The number of ether oxygens (including phenoxy) is 2. The second-order valence-corrected chi connectivity index (χ2v) is 16.7. The molecule has 0 aromatic rings. The number of allylic oxidation sites excluding steroid dienone is 12. The van der Waals surface area contributed by atoms with Crippen LogP contribution in [-0.4, -0.2) is 49.3 Å². The minimum absolute atomic E-state index is 0.0384. The average Bonchev–Trinajstić information content (AvgIpc) is 3.22. The number of phosphoric ester groups is 1. The summed E-state index contributed by atoms with van der Waals surface area (Å²) in [6, 6.07) is 0. The lowest BCUT2D eigenvalue weighted by atomic mass is 10.0. The van der Waals surface area contributed by atoms with Gasteiger partial charge in [0, 0.05) is 19.4 Å². The summed E-state index contributed by atoms with van der Waals surface area (Å²) < 4.78 is 32.7. The van der Waals surface area contributed by atoms with Crippen molar-refractivity contribution in [2.24, 2.45) is 5.73 Å². The van der Waals surface area contributed by atoms with Crippen molar-refractivity contribution in [1.29, 1.82) is 0 Å². The van der Waals surface area contributed by atoms with E-state index in [4.69, 9.17) is 24.3 Å². The van der Waals surface area contributed by atoms with Crippen LogP contribution in [0.2, 0.25) is 0 Å². The van der Waals surface area contributed by atoms with E-state index in [1.165, 1.54) is 89.9 Å². The Morgan fingerprint density at radius 2 is 0.966 bits per heavy atom. The molecular formula is C49H86NO8P. The highest BCUT2D eigenvalue weighted by atomic mass is 31.2. The minimum Gasteiger partial charge on any atom is -0.462 e. The molecule has 0 aliphatic heterocycles. The molecule has 9 nitrogen and oxygen atoms in total. The summed E-state index contributed by atoms with van der Waals surface area (Å²) in [6.45, 7) is 3.53. The molecule has 0 aliphatic carbocycles. The van der Waals surface area contributed by atoms with Gasteiger partial charge in [-0.2, -0.15) is 0 Å². The van der Waals surface area contributed by atoms with Gasteiger partial charge in [0.05, 0.1) is 13.2 Å². The van der Waals surface area contributed by atoms with Gasteiger partial charge in [-0.3, -0.25) is 18.6 Å². The number of unbranched alkanes of at least 4 members (excludes halogenated alkanes) is 18. The van der Waals surface area contributed by atoms with Gasteiger partial charge in [0.25, 0.3) is 0 Å². The van der Waals surface area contributed by atoms with Gasteiger partial charge < -0.3 is 20.1 Å². The Morgan fingerprint density at radius 3 is 1.51 bits per heavy atom. The van der Waals surface area contributed by atoms with Crippen molar-refractivity contribution in [3.05, 3.63) is 72.9 Å². The number of phosphoric acid groups is 1. The molecule has 0 fully saturated rings. The van der Waals surface area contributed by atoms with Gasteiger partial charge in [-0.1, -0.05) is 170 Å². The lowest BCUT2D eigenvalue weighted by Gasteiger charge is -2.19. The molecule has 0 saturated carbocycles. The maximum absolute atomic E-state index is 12.6. The molecule has 3 N–H and O–H groups in total. The van der Waals surface area contributed by atoms with E-state index in [0.29, 0.717) is 12.8 Å². The van der Waals surface area contributed by atoms with Crippen molar-refractivity contribution < 1.29 is 37.6 Å². The third-order valence-electron chi connectivity index (χ3n) is 9.55. The van der Waals surface area contributed by atoms with Crippen molar-refractivity contribution in [3.63, 3.8) is 0 Å². The summed E-state index contributed by atoms with van der Waals surface area (Å²) in [6.07, 6.45) is 55.3. The zero-order chi connectivity index (χ0) is 43.2. The van der Waals surface area contributed by atoms with Crippen LogP contribution in [0.5, 0.6) is 0 Å². The number of carbonyl (C=O) groups is 2. The molecule has 0 saturated heterocycles. The Labute approximate surface area is 361 Å².